The van der Waals surface area contributed by atoms with Gasteiger partial charge in [-0.05, 0) is 31.6 Å². The summed E-state index contributed by atoms with van der Waals surface area (Å²) in [5.41, 5.74) is -0.540. The molecular weight excluding hydrogens is 479 g/mol. The van der Waals surface area contributed by atoms with Gasteiger partial charge in [0.25, 0.3) is 5.56 Å². The Morgan fingerprint density at radius 1 is 1.12 bits per heavy atom. The van der Waals surface area contributed by atoms with Crippen LogP contribution < -0.4 is 16.6 Å². The van der Waals surface area contributed by atoms with Crippen LogP contribution in [0.25, 0.3) is 0 Å². The average Bonchev–Trinajstić information content (AvgIpc) is 2.81. The van der Waals surface area contributed by atoms with Crippen LogP contribution in [0.5, 0.6) is 0 Å². The number of aromatic nitrogens is 2. The Balaban J connectivity index is 1.68. The number of nitrogens with one attached hydrogen (secondary N) is 2. The van der Waals surface area contributed by atoms with E-state index in [0.29, 0.717) is 25.2 Å². The zero-order valence-corrected chi connectivity index (χ0v) is 22.5. The number of halogens is 1. The second-order valence-electron chi connectivity index (χ2n) is 9.16. The molecule has 9 nitrogen and oxygen atoms in total. The van der Waals surface area contributed by atoms with Crippen LogP contribution in [-0.4, -0.2) is 53.6 Å². The highest BCUT2D eigenvalue weighted by molar-refractivity contribution is 7.83. The Labute approximate surface area is 207 Å². The number of hydrogen-bond donors (Lipinski definition) is 2. The van der Waals surface area contributed by atoms with E-state index in [9.17, 15) is 14.2 Å². The highest BCUT2D eigenvalue weighted by atomic mass is 35.7. The molecular formula is C23H42ClN4O5P. The molecule has 0 aliphatic carbocycles. The fourth-order valence-corrected chi connectivity index (χ4v) is 5.29. The van der Waals surface area contributed by atoms with Gasteiger partial charge in [0.15, 0.2) is 6.23 Å². The smallest absolute Gasteiger partial charge is 0.350 e. The number of H-pyrrole nitrogens is 1. The molecule has 2 rings (SSSR count). The van der Waals surface area contributed by atoms with Crippen LogP contribution >= 0.6 is 18.1 Å². The second-order valence-corrected chi connectivity index (χ2v) is 12.3. The van der Waals surface area contributed by atoms with Gasteiger partial charge in [0, 0.05) is 31.4 Å². The van der Waals surface area contributed by atoms with Crippen molar-refractivity contribution in [2.24, 2.45) is 0 Å². The lowest BCUT2D eigenvalue weighted by Crippen LogP contribution is -2.47. The lowest BCUT2D eigenvalue weighted by Gasteiger charge is -2.32. The van der Waals surface area contributed by atoms with Gasteiger partial charge in [0.1, 0.15) is 0 Å². The summed E-state index contributed by atoms with van der Waals surface area (Å²) in [5, 5.41) is 3.18. The van der Waals surface area contributed by atoms with Crippen LogP contribution in [0.15, 0.2) is 15.8 Å². The molecule has 0 bridgehead atoms. The van der Waals surface area contributed by atoms with Crippen molar-refractivity contribution in [3.8, 4) is 0 Å². The molecule has 0 saturated carbocycles. The van der Waals surface area contributed by atoms with Crippen LogP contribution in [-0.2, 0) is 13.8 Å². The number of unbranched alkanes of at least 4 members (excludes halogenated alkanes) is 9. The molecule has 1 unspecified atom stereocenters. The van der Waals surface area contributed by atoms with E-state index < -0.39 is 30.5 Å². The molecule has 1 saturated heterocycles. The Bertz CT molecular complexity index is 893. The molecule has 1 aliphatic heterocycles. The topological polar surface area (TPSA) is 106 Å². The van der Waals surface area contributed by atoms with E-state index in [-0.39, 0.29) is 6.61 Å². The van der Waals surface area contributed by atoms with Crippen LogP contribution in [0.4, 0.5) is 0 Å². The molecule has 196 valence electrons. The SMILES string of the molecule is CCCCCCCCCCCCN(C)P(=O)(Cl)OC[C@@H]1CNC[C@H](n2cc(C)c(=O)[nH]c2=O)O1. The molecule has 11 heteroatoms. The fourth-order valence-electron chi connectivity index (χ4n) is 3.97. The first-order chi connectivity index (χ1) is 16.2. The van der Waals surface area contributed by atoms with E-state index in [4.69, 9.17) is 20.5 Å². The molecule has 2 N–H and O–H groups in total. The molecule has 0 spiro atoms. The Hall–Kier alpha value is -0.960. The monoisotopic (exact) mass is 520 g/mol. The standard InChI is InChI=1S/C23H42ClN4O5P/c1-4-5-6-7-8-9-10-11-12-13-14-27(3)34(24,31)32-18-20-15-25-16-21(33-20)28-17-19(2)22(29)26-23(28)30/h17,20-21,25H,4-16,18H2,1-3H3,(H,26,29,30)/t20-,21+,34?/m0/s1. The van der Waals surface area contributed by atoms with Crippen LogP contribution in [0, 0.1) is 6.92 Å². The van der Waals surface area contributed by atoms with Gasteiger partial charge >= 0.3 is 12.6 Å². The minimum Gasteiger partial charge on any atom is -0.350 e. The highest BCUT2D eigenvalue weighted by Crippen LogP contribution is 2.55. The minimum absolute atomic E-state index is 0.0315. The largest absolute Gasteiger partial charge is 0.362 e. The van der Waals surface area contributed by atoms with Crippen molar-refractivity contribution in [3.63, 3.8) is 0 Å². The van der Waals surface area contributed by atoms with E-state index in [1.807, 2.05) is 0 Å². The third kappa shape index (κ3) is 9.96. The predicted molar refractivity (Wildman–Crippen MR) is 137 cm³/mol. The first-order valence-electron chi connectivity index (χ1n) is 12.6. The number of hydrogen-bond acceptors (Lipinski definition) is 6. The van der Waals surface area contributed by atoms with Gasteiger partial charge in [0.2, 0.25) is 0 Å². The van der Waals surface area contributed by atoms with Gasteiger partial charge in [-0.3, -0.25) is 18.9 Å². The van der Waals surface area contributed by atoms with Crippen LogP contribution in [0.3, 0.4) is 0 Å². The van der Waals surface area contributed by atoms with E-state index >= 15 is 0 Å². The maximum atomic E-state index is 12.8. The molecule has 2 heterocycles. The van der Waals surface area contributed by atoms with Crippen molar-refractivity contribution in [3.05, 3.63) is 32.6 Å². The summed E-state index contributed by atoms with van der Waals surface area (Å²) in [5.74, 6) is 0. The van der Waals surface area contributed by atoms with Gasteiger partial charge in [0.05, 0.1) is 12.7 Å². The summed E-state index contributed by atoms with van der Waals surface area (Å²) in [4.78, 5) is 26.0. The fraction of sp³-hybridized carbons (Fsp3) is 0.826. The summed E-state index contributed by atoms with van der Waals surface area (Å²) >= 11 is 6.23. The van der Waals surface area contributed by atoms with Gasteiger partial charge < -0.3 is 14.6 Å². The normalized spacial score (nSPS) is 20.5. The molecule has 1 fully saturated rings. The quantitative estimate of drug-likeness (QED) is 0.243. The molecule has 0 aromatic carbocycles. The molecule has 1 aromatic rings. The number of rotatable bonds is 16. The Kier molecular flexibility index (Phi) is 13.1. The van der Waals surface area contributed by atoms with Crippen LogP contribution in [0.1, 0.15) is 82.9 Å². The lowest BCUT2D eigenvalue weighted by atomic mass is 10.1. The van der Waals surface area contributed by atoms with E-state index in [1.54, 1.807) is 18.6 Å². The van der Waals surface area contributed by atoms with Crippen molar-refractivity contribution in [2.75, 3.05) is 33.3 Å². The third-order valence-electron chi connectivity index (χ3n) is 6.16. The van der Waals surface area contributed by atoms with Crippen molar-refractivity contribution in [1.82, 2.24) is 19.5 Å². The van der Waals surface area contributed by atoms with Crippen molar-refractivity contribution >= 4 is 18.1 Å². The third-order valence-corrected chi connectivity index (χ3v) is 8.71. The number of nitrogens with zero attached hydrogens (tertiary/aromatic N) is 2. The van der Waals surface area contributed by atoms with Crippen LogP contribution in [0.2, 0.25) is 0 Å². The maximum absolute atomic E-state index is 12.8. The molecule has 1 aromatic heterocycles. The number of aromatic amines is 1. The first kappa shape index (κ1) is 29.3. The van der Waals surface area contributed by atoms with Crippen molar-refractivity contribution in [2.45, 2.75) is 90.4 Å². The summed E-state index contributed by atoms with van der Waals surface area (Å²) in [7, 11) is 1.72. The zero-order chi connectivity index (χ0) is 25.0. The Morgan fingerprint density at radius 3 is 2.38 bits per heavy atom. The minimum atomic E-state index is -3.46. The second kappa shape index (κ2) is 15.2. The average molecular weight is 521 g/mol. The summed E-state index contributed by atoms with van der Waals surface area (Å²) in [6.07, 6.45) is 12.8. The van der Waals surface area contributed by atoms with E-state index in [0.717, 1.165) is 12.8 Å². The van der Waals surface area contributed by atoms with Gasteiger partial charge in [-0.1, -0.05) is 64.7 Å². The number of ether oxygens (including phenoxy) is 1. The Morgan fingerprint density at radius 2 is 1.74 bits per heavy atom. The molecule has 34 heavy (non-hydrogen) atoms. The predicted octanol–water partition coefficient (Wildman–Crippen LogP) is 4.55. The van der Waals surface area contributed by atoms with E-state index in [1.165, 1.54) is 62.1 Å². The summed E-state index contributed by atoms with van der Waals surface area (Å²) in [6, 6.07) is 0. The van der Waals surface area contributed by atoms with E-state index in [2.05, 4.69) is 17.2 Å². The van der Waals surface area contributed by atoms with Crippen molar-refractivity contribution < 1.29 is 13.8 Å². The molecule has 1 aliphatic rings. The maximum Gasteiger partial charge on any atom is 0.362 e. The van der Waals surface area contributed by atoms with Crippen molar-refractivity contribution in [1.29, 1.82) is 0 Å². The lowest BCUT2D eigenvalue weighted by molar-refractivity contribution is -0.0933. The zero-order valence-electron chi connectivity index (χ0n) is 20.9. The first-order valence-corrected chi connectivity index (χ1v) is 15.1. The summed E-state index contributed by atoms with van der Waals surface area (Å²) in [6.45, 7) is 1.92. The van der Waals surface area contributed by atoms with Gasteiger partial charge in [-0.25, -0.2) is 9.46 Å². The molecule has 0 amide bonds. The molecule has 3 atom stereocenters. The van der Waals surface area contributed by atoms with Gasteiger partial charge in [-0.15, -0.1) is 0 Å². The molecule has 0 radical (unpaired) electrons. The summed E-state index contributed by atoms with van der Waals surface area (Å²) < 4.78 is 27.3. The number of aryl methyl sites for hydroxylation is 1. The number of morpholine rings is 1. The van der Waals surface area contributed by atoms with Gasteiger partial charge in [-0.2, -0.15) is 0 Å². The highest BCUT2D eigenvalue weighted by Gasteiger charge is 2.30.